The van der Waals surface area contributed by atoms with E-state index in [1.807, 2.05) is 34.6 Å². The number of carbonyl (C=O) groups is 2. The summed E-state index contributed by atoms with van der Waals surface area (Å²) in [6, 6.07) is 5.10. The van der Waals surface area contributed by atoms with Crippen LogP contribution in [0.2, 0.25) is 10.0 Å². The van der Waals surface area contributed by atoms with E-state index < -0.39 is 11.6 Å². The summed E-state index contributed by atoms with van der Waals surface area (Å²) in [5.74, 6) is -0.282. The smallest absolute Gasteiger partial charge is 0.408 e. The average Bonchev–Trinajstić information content (AvgIpc) is 2.59. The van der Waals surface area contributed by atoms with Gasteiger partial charge >= 0.3 is 6.09 Å². The van der Waals surface area contributed by atoms with Gasteiger partial charge in [-0.25, -0.2) is 4.79 Å². The summed E-state index contributed by atoms with van der Waals surface area (Å²) >= 11 is 12.4. The molecule has 0 radical (unpaired) electrons. The molecule has 0 saturated heterocycles. The van der Waals surface area contributed by atoms with Crippen molar-refractivity contribution in [2.24, 2.45) is 11.3 Å². The van der Waals surface area contributed by atoms with Crippen LogP contribution < -0.4 is 0 Å². The van der Waals surface area contributed by atoms with Crippen LogP contribution in [0.15, 0.2) is 30.9 Å². The van der Waals surface area contributed by atoms with Crippen molar-refractivity contribution in [3.63, 3.8) is 0 Å². The standard InChI is InChI=1S/C22H32Cl2N2O3/c1-8-11-22(14-25(7)19(27)15(2)3,16-9-10-17(23)18(24)12-16)26(20(28)29)13-21(4,5)6/h8-10,12,15H,1,11,13-14H2,2-7H3,(H,28,29). The summed E-state index contributed by atoms with van der Waals surface area (Å²) in [5, 5.41) is 10.9. The lowest BCUT2D eigenvalue weighted by atomic mass is 9.82. The summed E-state index contributed by atoms with van der Waals surface area (Å²) in [5.41, 5.74) is -0.697. The van der Waals surface area contributed by atoms with Gasteiger partial charge in [-0.15, -0.1) is 6.58 Å². The van der Waals surface area contributed by atoms with E-state index in [4.69, 9.17) is 23.2 Å². The third-order valence-electron chi connectivity index (χ3n) is 4.69. The molecule has 1 aromatic carbocycles. The van der Waals surface area contributed by atoms with Gasteiger partial charge in [-0.05, 0) is 29.5 Å². The third kappa shape index (κ3) is 6.38. The Bertz CT molecular complexity index is 759. The summed E-state index contributed by atoms with van der Waals surface area (Å²) in [6.07, 6.45) is 0.913. The fourth-order valence-corrected chi connectivity index (χ4v) is 3.73. The molecule has 7 heteroatoms. The summed E-state index contributed by atoms with van der Waals surface area (Å²) < 4.78 is 0. The maximum absolute atomic E-state index is 12.6. The number of likely N-dealkylation sites (N-methyl/N-ethyl adjacent to an activating group) is 1. The van der Waals surface area contributed by atoms with Crippen molar-refractivity contribution in [2.75, 3.05) is 20.1 Å². The number of nitrogens with zero attached hydrogens (tertiary/aromatic N) is 2. The molecule has 29 heavy (non-hydrogen) atoms. The molecule has 0 heterocycles. The lowest BCUT2D eigenvalue weighted by molar-refractivity contribution is -0.135. The van der Waals surface area contributed by atoms with E-state index in [9.17, 15) is 14.7 Å². The number of benzene rings is 1. The fraction of sp³-hybridized carbons (Fsp3) is 0.545. The lowest BCUT2D eigenvalue weighted by Gasteiger charge is -2.47. The summed E-state index contributed by atoms with van der Waals surface area (Å²) in [7, 11) is 1.69. The van der Waals surface area contributed by atoms with Gasteiger partial charge in [-0.2, -0.15) is 0 Å². The van der Waals surface area contributed by atoms with Gasteiger partial charge in [-0.1, -0.05) is 70.0 Å². The van der Waals surface area contributed by atoms with E-state index in [1.54, 1.807) is 36.2 Å². The fourth-order valence-electron chi connectivity index (χ4n) is 3.44. The number of hydrogen-bond acceptors (Lipinski definition) is 2. The van der Waals surface area contributed by atoms with Crippen molar-refractivity contribution in [1.29, 1.82) is 0 Å². The molecule has 0 fully saturated rings. The van der Waals surface area contributed by atoms with Gasteiger partial charge in [0.1, 0.15) is 0 Å². The van der Waals surface area contributed by atoms with Crippen LogP contribution in [-0.2, 0) is 10.3 Å². The first kappa shape index (κ1) is 25.3. The van der Waals surface area contributed by atoms with Crippen LogP contribution in [0.3, 0.4) is 0 Å². The Kier molecular flexibility index (Phi) is 8.60. The first-order valence-electron chi connectivity index (χ1n) is 9.57. The van der Waals surface area contributed by atoms with E-state index in [-0.39, 0.29) is 30.3 Å². The minimum absolute atomic E-state index is 0.0698. The van der Waals surface area contributed by atoms with Crippen LogP contribution in [-0.4, -0.2) is 47.0 Å². The highest BCUT2D eigenvalue weighted by Crippen LogP contribution is 2.39. The second kappa shape index (κ2) is 9.86. The molecule has 1 rings (SSSR count). The van der Waals surface area contributed by atoms with Crippen LogP contribution in [0, 0.1) is 11.3 Å². The van der Waals surface area contributed by atoms with E-state index in [0.29, 0.717) is 22.0 Å². The molecule has 1 aromatic rings. The molecular formula is C22H32Cl2N2O3. The Morgan fingerprint density at radius 1 is 1.17 bits per heavy atom. The van der Waals surface area contributed by atoms with Crippen LogP contribution >= 0.6 is 23.2 Å². The minimum Gasteiger partial charge on any atom is -0.465 e. The number of carboxylic acid groups (broad SMARTS) is 1. The molecular weight excluding hydrogens is 411 g/mol. The zero-order valence-electron chi connectivity index (χ0n) is 18.1. The van der Waals surface area contributed by atoms with Crippen molar-refractivity contribution in [2.45, 2.75) is 46.6 Å². The Morgan fingerprint density at radius 2 is 1.76 bits per heavy atom. The van der Waals surface area contributed by atoms with Gasteiger partial charge in [0.15, 0.2) is 0 Å². The molecule has 1 unspecified atom stereocenters. The monoisotopic (exact) mass is 442 g/mol. The second-order valence-electron chi connectivity index (χ2n) is 8.93. The van der Waals surface area contributed by atoms with E-state index in [0.717, 1.165) is 0 Å². The van der Waals surface area contributed by atoms with Crippen LogP contribution in [0.1, 0.15) is 46.6 Å². The molecule has 2 amide bonds. The highest BCUT2D eigenvalue weighted by Gasteiger charge is 2.44. The van der Waals surface area contributed by atoms with Gasteiger partial charge in [0, 0.05) is 26.1 Å². The lowest BCUT2D eigenvalue weighted by Crippen LogP contribution is -2.57. The highest BCUT2D eigenvalue weighted by atomic mass is 35.5. The number of amides is 2. The molecule has 1 atom stereocenters. The van der Waals surface area contributed by atoms with Crippen molar-refractivity contribution in [3.8, 4) is 0 Å². The summed E-state index contributed by atoms with van der Waals surface area (Å²) in [6.45, 7) is 13.8. The molecule has 162 valence electrons. The number of carbonyl (C=O) groups excluding carboxylic acids is 1. The Morgan fingerprint density at radius 3 is 2.17 bits per heavy atom. The normalized spacial score (nSPS) is 13.7. The molecule has 0 bridgehead atoms. The van der Waals surface area contributed by atoms with Crippen LogP contribution in [0.25, 0.3) is 0 Å². The van der Waals surface area contributed by atoms with E-state index in [2.05, 4.69) is 6.58 Å². The first-order chi connectivity index (χ1) is 13.2. The van der Waals surface area contributed by atoms with E-state index in [1.165, 1.54) is 4.90 Å². The highest BCUT2D eigenvalue weighted by molar-refractivity contribution is 6.42. The Balaban J connectivity index is 3.72. The van der Waals surface area contributed by atoms with Crippen molar-refractivity contribution >= 4 is 35.2 Å². The maximum atomic E-state index is 12.6. The van der Waals surface area contributed by atoms with Gasteiger partial charge in [0.2, 0.25) is 5.91 Å². The van der Waals surface area contributed by atoms with Crippen molar-refractivity contribution < 1.29 is 14.7 Å². The molecule has 1 N–H and O–H groups in total. The zero-order valence-corrected chi connectivity index (χ0v) is 19.6. The molecule has 0 spiro atoms. The Hall–Kier alpha value is -1.72. The number of rotatable bonds is 8. The zero-order chi connectivity index (χ0) is 22.6. The summed E-state index contributed by atoms with van der Waals surface area (Å²) in [4.78, 5) is 28.1. The van der Waals surface area contributed by atoms with Gasteiger partial charge < -0.3 is 10.0 Å². The molecule has 0 saturated carbocycles. The maximum Gasteiger partial charge on any atom is 0.408 e. The van der Waals surface area contributed by atoms with Crippen molar-refractivity contribution in [3.05, 3.63) is 46.5 Å². The third-order valence-corrected chi connectivity index (χ3v) is 5.43. The number of halogens is 2. The van der Waals surface area contributed by atoms with Crippen molar-refractivity contribution in [1.82, 2.24) is 9.80 Å². The van der Waals surface area contributed by atoms with Gasteiger partial charge in [0.25, 0.3) is 0 Å². The molecule has 0 aliphatic rings. The largest absolute Gasteiger partial charge is 0.465 e. The van der Waals surface area contributed by atoms with Gasteiger partial charge in [0.05, 0.1) is 15.6 Å². The SMILES string of the molecule is C=CCC(CN(C)C(=O)C(C)C)(c1ccc(Cl)c(Cl)c1)N(CC(C)(C)C)C(=O)O. The predicted octanol–water partition coefficient (Wildman–Crippen LogP) is 5.91. The van der Waals surface area contributed by atoms with E-state index >= 15 is 0 Å². The minimum atomic E-state index is -1.07. The second-order valence-corrected chi connectivity index (χ2v) is 9.75. The molecule has 0 aromatic heterocycles. The predicted molar refractivity (Wildman–Crippen MR) is 120 cm³/mol. The van der Waals surface area contributed by atoms with Crippen LogP contribution in [0.4, 0.5) is 4.79 Å². The van der Waals surface area contributed by atoms with Gasteiger partial charge in [-0.3, -0.25) is 9.69 Å². The average molecular weight is 443 g/mol. The number of hydrogen-bond donors (Lipinski definition) is 1. The molecule has 0 aliphatic heterocycles. The molecule has 5 nitrogen and oxygen atoms in total. The molecule has 0 aliphatic carbocycles. The first-order valence-corrected chi connectivity index (χ1v) is 10.3. The topological polar surface area (TPSA) is 60.9 Å². The van der Waals surface area contributed by atoms with Crippen LogP contribution in [0.5, 0.6) is 0 Å². The Labute approximate surface area is 184 Å². The quantitative estimate of drug-likeness (QED) is 0.509.